The van der Waals surface area contributed by atoms with Crippen molar-refractivity contribution in [2.45, 2.75) is 25.8 Å². The molecule has 1 amide bonds. The van der Waals surface area contributed by atoms with Crippen LogP contribution in [0.2, 0.25) is 0 Å². The number of rotatable bonds is 3. The van der Waals surface area contributed by atoms with E-state index in [1.807, 2.05) is 24.3 Å². The third-order valence-corrected chi connectivity index (χ3v) is 3.28. The zero-order valence-electron chi connectivity index (χ0n) is 14.4. The number of hydrogen-bond acceptors (Lipinski definition) is 2. The summed E-state index contributed by atoms with van der Waals surface area (Å²) in [5, 5.41) is 9.81. The van der Waals surface area contributed by atoms with Gasteiger partial charge in [0.2, 0.25) is 5.91 Å². The number of benzene rings is 2. The van der Waals surface area contributed by atoms with Crippen LogP contribution in [0.5, 0.6) is 0 Å². The van der Waals surface area contributed by atoms with E-state index in [2.05, 4.69) is 5.32 Å². The number of carbonyl (C=O) groups is 2. The Kier molecular flexibility index (Phi) is 7.60. The van der Waals surface area contributed by atoms with Gasteiger partial charge in [-0.3, -0.25) is 4.79 Å². The van der Waals surface area contributed by atoms with Gasteiger partial charge in [0.05, 0.1) is 5.56 Å². The second-order valence-corrected chi connectivity index (χ2v) is 5.48. The van der Waals surface area contributed by atoms with Gasteiger partial charge < -0.3 is 10.4 Å². The van der Waals surface area contributed by atoms with E-state index in [0.29, 0.717) is 12.1 Å². The van der Waals surface area contributed by atoms with Crippen LogP contribution in [0.25, 0.3) is 11.1 Å². The molecule has 0 radical (unpaired) electrons. The molecule has 0 saturated carbocycles. The molecule has 0 aliphatic heterocycles. The van der Waals surface area contributed by atoms with E-state index in [-0.39, 0.29) is 5.91 Å². The summed E-state index contributed by atoms with van der Waals surface area (Å²) in [6.07, 6.45) is -9.40. The van der Waals surface area contributed by atoms with Crippen molar-refractivity contribution in [1.82, 2.24) is 5.32 Å². The summed E-state index contributed by atoms with van der Waals surface area (Å²) >= 11 is 0. The van der Waals surface area contributed by atoms with E-state index in [4.69, 9.17) is 9.90 Å². The summed E-state index contributed by atoms with van der Waals surface area (Å²) in [6, 6.07) is 12.4. The highest BCUT2D eigenvalue weighted by Crippen LogP contribution is 2.31. The minimum atomic E-state index is -5.08. The number of nitrogens with one attached hydrogen (secondary N) is 1. The number of hydrogen-bond donors (Lipinski definition) is 2. The molecule has 0 fully saturated rings. The molecule has 0 saturated heterocycles. The molecule has 4 nitrogen and oxygen atoms in total. The van der Waals surface area contributed by atoms with Crippen molar-refractivity contribution in [3.8, 4) is 11.1 Å². The Balaban J connectivity index is 0.000000480. The van der Waals surface area contributed by atoms with E-state index in [0.717, 1.165) is 23.3 Å². The number of amides is 1. The molecular formula is C18H15F6NO3. The molecular weight excluding hydrogens is 392 g/mol. The SMILES string of the molecule is CC(=O)NCc1ccc(-c2ccc(C(F)(F)F)cc2)cc1.O=C(O)C(F)(F)F. The number of aliphatic carboxylic acids is 1. The highest BCUT2D eigenvalue weighted by molar-refractivity contribution is 5.73. The molecule has 0 heterocycles. The Hall–Kier alpha value is -3.04. The topological polar surface area (TPSA) is 66.4 Å². The lowest BCUT2D eigenvalue weighted by atomic mass is 10.0. The van der Waals surface area contributed by atoms with Gasteiger partial charge in [0.25, 0.3) is 0 Å². The van der Waals surface area contributed by atoms with E-state index >= 15 is 0 Å². The third-order valence-electron chi connectivity index (χ3n) is 3.28. The number of carbonyl (C=O) groups excluding carboxylic acids is 1. The van der Waals surface area contributed by atoms with Crippen LogP contribution in [0, 0.1) is 0 Å². The fourth-order valence-electron chi connectivity index (χ4n) is 1.89. The first-order chi connectivity index (χ1) is 12.8. The fourth-order valence-corrected chi connectivity index (χ4v) is 1.89. The smallest absolute Gasteiger partial charge is 0.475 e. The highest BCUT2D eigenvalue weighted by atomic mass is 19.4. The van der Waals surface area contributed by atoms with Gasteiger partial charge in [0.1, 0.15) is 0 Å². The molecule has 2 rings (SSSR count). The lowest BCUT2D eigenvalue weighted by molar-refractivity contribution is -0.192. The zero-order chi connectivity index (χ0) is 21.5. The van der Waals surface area contributed by atoms with Gasteiger partial charge in [-0.2, -0.15) is 26.3 Å². The lowest BCUT2D eigenvalue weighted by Crippen LogP contribution is -2.21. The molecule has 2 N–H and O–H groups in total. The quantitative estimate of drug-likeness (QED) is 0.729. The first-order valence-corrected chi connectivity index (χ1v) is 7.62. The van der Waals surface area contributed by atoms with Crippen LogP contribution in [0.3, 0.4) is 0 Å². The van der Waals surface area contributed by atoms with E-state index < -0.39 is 23.9 Å². The maximum Gasteiger partial charge on any atom is 0.490 e. The van der Waals surface area contributed by atoms with Crippen molar-refractivity contribution in [3.63, 3.8) is 0 Å². The number of carboxylic acids is 1. The molecule has 0 bridgehead atoms. The van der Waals surface area contributed by atoms with Crippen LogP contribution in [0.15, 0.2) is 48.5 Å². The van der Waals surface area contributed by atoms with Crippen LogP contribution in [0.4, 0.5) is 26.3 Å². The average molecular weight is 407 g/mol. The highest BCUT2D eigenvalue weighted by Gasteiger charge is 2.38. The second-order valence-electron chi connectivity index (χ2n) is 5.48. The first kappa shape index (κ1) is 23.0. The maximum atomic E-state index is 12.5. The number of alkyl halides is 6. The Morgan fingerprint density at radius 2 is 1.25 bits per heavy atom. The van der Waals surface area contributed by atoms with Gasteiger partial charge in [0.15, 0.2) is 0 Å². The maximum absolute atomic E-state index is 12.5. The van der Waals surface area contributed by atoms with Crippen molar-refractivity contribution >= 4 is 11.9 Å². The summed E-state index contributed by atoms with van der Waals surface area (Å²) in [6.45, 7) is 1.87. The Morgan fingerprint density at radius 3 is 1.57 bits per heavy atom. The molecule has 10 heteroatoms. The van der Waals surface area contributed by atoms with Gasteiger partial charge in [-0.15, -0.1) is 0 Å². The molecule has 28 heavy (non-hydrogen) atoms. The van der Waals surface area contributed by atoms with Gasteiger partial charge in [-0.05, 0) is 28.8 Å². The van der Waals surface area contributed by atoms with Crippen molar-refractivity contribution in [2.75, 3.05) is 0 Å². The van der Waals surface area contributed by atoms with Crippen LogP contribution >= 0.6 is 0 Å². The first-order valence-electron chi connectivity index (χ1n) is 7.62. The largest absolute Gasteiger partial charge is 0.490 e. The Morgan fingerprint density at radius 1 is 0.857 bits per heavy atom. The van der Waals surface area contributed by atoms with Crippen LogP contribution in [-0.4, -0.2) is 23.2 Å². The van der Waals surface area contributed by atoms with Crippen molar-refractivity contribution in [3.05, 3.63) is 59.7 Å². The molecule has 2 aromatic rings. The average Bonchev–Trinajstić information content (AvgIpc) is 2.59. The van der Waals surface area contributed by atoms with E-state index in [1.54, 1.807) is 0 Å². The summed E-state index contributed by atoms with van der Waals surface area (Å²) in [7, 11) is 0. The molecule has 152 valence electrons. The van der Waals surface area contributed by atoms with E-state index in [1.165, 1.54) is 19.1 Å². The lowest BCUT2D eigenvalue weighted by Gasteiger charge is -2.08. The predicted octanol–water partition coefficient (Wildman–Crippen LogP) is 4.64. The minimum Gasteiger partial charge on any atom is -0.475 e. The standard InChI is InChI=1S/C16H14F3NO.C2HF3O2/c1-11(21)20-10-12-2-4-13(5-3-12)14-6-8-15(9-7-14)16(17,18)19;3-2(4,5)1(6)7/h2-9H,10H2,1H3,(H,20,21);(H,6,7). The van der Waals surface area contributed by atoms with Crippen molar-refractivity contribution in [1.29, 1.82) is 0 Å². The number of carboxylic acid groups (broad SMARTS) is 1. The molecule has 0 atom stereocenters. The summed E-state index contributed by atoms with van der Waals surface area (Å²) < 4.78 is 69.2. The monoisotopic (exact) mass is 407 g/mol. The zero-order valence-corrected chi connectivity index (χ0v) is 14.4. The molecule has 2 aromatic carbocycles. The Bertz CT molecular complexity index is 796. The fraction of sp³-hybridized carbons (Fsp3) is 0.222. The Labute approximate surface area is 155 Å². The van der Waals surface area contributed by atoms with Gasteiger partial charge in [-0.1, -0.05) is 36.4 Å². The molecule has 0 spiro atoms. The van der Waals surface area contributed by atoms with Crippen LogP contribution < -0.4 is 5.32 Å². The summed E-state index contributed by atoms with van der Waals surface area (Å²) in [5.41, 5.74) is 1.82. The molecule has 0 aromatic heterocycles. The van der Waals surface area contributed by atoms with Crippen molar-refractivity contribution < 1.29 is 41.0 Å². The molecule has 0 aliphatic carbocycles. The molecule has 0 unspecified atom stereocenters. The third kappa shape index (κ3) is 7.68. The van der Waals surface area contributed by atoms with Crippen LogP contribution in [0.1, 0.15) is 18.1 Å². The van der Waals surface area contributed by atoms with Crippen LogP contribution in [-0.2, 0) is 22.3 Å². The summed E-state index contributed by atoms with van der Waals surface area (Å²) in [5.74, 6) is -2.87. The normalized spacial score (nSPS) is 11.2. The van der Waals surface area contributed by atoms with Gasteiger partial charge in [-0.25, -0.2) is 4.79 Å². The van der Waals surface area contributed by atoms with Gasteiger partial charge >= 0.3 is 18.3 Å². The number of halogens is 6. The van der Waals surface area contributed by atoms with E-state index in [9.17, 15) is 31.1 Å². The van der Waals surface area contributed by atoms with Crippen molar-refractivity contribution in [2.24, 2.45) is 0 Å². The molecule has 0 aliphatic rings. The second kappa shape index (κ2) is 9.25. The predicted molar refractivity (Wildman–Crippen MR) is 88.1 cm³/mol. The van der Waals surface area contributed by atoms with Gasteiger partial charge in [0, 0.05) is 13.5 Å². The minimum absolute atomic E-state index is 0.109. The summed E-state index contributed by atoms with van der Waals surface area (Å²) in [4.78, 5) is 19.7.